The van der Waals surface area contributed by atoms with Crippen molar-refractivity contribution < 1.29 is 38.3 Å². The minimum atomic E-state index is -0.732. The molecule has 0 aromatic heterocycles. The topological polar surface area (TPSA) is 105 Å². The Hall–Kier alpha value is -4.21. The lowest BCUT2D eigenvalue weighted by Gasteiger charge is -2.15. The average molecular weight is 538 g/mol. The number of nitrogens with one attached hydrogen (secondary N) is 1. The lowest BCUT2D eigenvalue weighted by Crippen LogP contribution is -2.31. The molecule has 0 bridgehead atoms. The molecule has 3 rings (SSSR count). The van der Waals surface area contributed by atoms with Gasteiger partial charge in [0.15, 0.2) is 11.5 Å². The van der Waals surface area contributed by atoms with Gasteiger partial charge in [-0.15, -0.1) is 0 Å². The molecule has 3 aromatic carbocycles. The van der Waals surface area contributed by atoms with E-state index in [0.717, 1.165) is 11.1 Å². The van der Waals surface area contributed by atoms with Crippen LogP contribution in [0.3, 0.4) is 0 Å². The Kier molecular flexibility index (Phi) is 11.0. The zero-order chi connectivity index (χ0) is 28.2. The molecule has 39 heavy (non-hydrogen) atoms. The molecule has 0 amide bonds. The number of benzene rings is 3. The van der Waals surface area contributed by atoms with E-state index < -0.39 is 12.1 Å². The molecule has 1 atom stereocenters. The lowest BCUT2D eigenvalue weighted by atomic mass is 10.0. The number of hydrogen-bond acceptors (Lipinski definition) is 9. The first kappa shape index (κ1) is 29.3. The summed E-state index contributed by atoms with van der Waals surface area (Å²) in [6.07, 6.45) is 0.987. The SMILES string of the molecule is COC(=O)C(=Cc1ccc(OC)c(OC)c1)c1ccc(OCC(O)CNCc2ccc(OC)cc2OC)cc1. The van der Waals surface area contributed by atoms with Crippen LogP contribution in [0.1, 0.15) is 16.7 Å². The second-order valence-electron chi connectivity index (χ2n) is 8.46. The first-order valence-corrected chi connectivity index (χ1v) is 12.3. The molecule has 9 nitrogen and oxygen atoms in total. The van der Waals surface area contributed by atoms with Gasteiger partial charge in [0, 0.05) is 24.7 Å². The molecule has 0 fully saturated rings. The minimum Gasteiger partial charge on any atom is -0.497 e. The third-order valence-electron chi connectivity index (χ3n) is 5.92. The molecule has 9 heteroatoms. The number of ether oxygens (including phenoxy) is 6. The predicted octanol–water partition coefficient (Wildman–Crippen LogP) is 3.96. The zero-order valence-corrected chi connectivity index (χ0v) is 22.9. The molecule has 2 N–H and O–H groups in total. The van der Waals surface area contributed by atoms with Crippen LogP contribution in [0.15, 0.2) is 60.7 Å². The van der Waals surface area contributed by atoms with Crippen LogP contribution in [-0.2, 0) is 16.1 Å². The van der Waals surface area contributed by atoms with Gasteiger partial charge in [-0.05, 0) is 47.5 Å². The van der Waals surface area contributed by atoms with E-state index in [1.165, 1.54) is 7.11 Å². The maximum Gasteiger partial charge on any atom is 0.338 e. The van der Waals surface area contributed by atoms with E-state index in [1.54, 1.807) is 70.9 Å². The van der Waals surface area contributed by atoms with Crippen molar-refractivity contribution in [1.82, 2.24) is 5.32 Å². The van der Waals surface area contributed by atoms with Gasteiger partial charge in [-0.1, -0.05) is 24.3 Å². The Balaban J connectivity index is 1.59. The molecule has 3 aromatic rings. The number of methoxy groups -OCH3 is 5. The zero-order valence-electron chi connectivity index (χ0n) is 22.9. The van der Waals surface area contributed by atoms with Crippen molar-refractivity contribution in [2.24, 2.45) is 0 Å². The van der Waals surface area contributed by atoms with Crippen molar-refractivity contribution in [2.75, 3.05) is 48.7 Å². The Morgan fingerprint density at radius 3 is 2.15 bits per heavy atom. The highest BCUT2D eigenvalue weighted by molar-refractivity contribution is 6.21. The number of rotatable bonds is 14. The Morgan fingerprint density at radius 2 is 1.51 bits per heavy atom. The lowest BCUT2D eigenvalue weighted by molar-refractivity contribution is -0.133. The normalized spacial score (nSPS) is 11.9. The molecule has 1 unspecified atom stereocenters. The van der Waals surface area contributed by atoms with Gasteiger partial charge in [0.25, 0.3) is 0 Å². The summed E-state index contributed by atoms with van der Waals surface area (Å²) in [4.78, 5) is 12.5. The fraction of sp³-hybridized carbons (Fsp3) is 0.300. The molecule has 0 radical (unpaired) electrons. The number of aliphatic hydroxyl groups is 1. The molecular weight excluding hydrogens is 502 g/mol. The number of carbonyl (C=O) groups is 1. The number of carbonyl (C=O) groups excluding carboxylic acids is 1. The van der Waals surface area contributed by atoms with Crippen LogP contribution in [-0.4, -0.2) is 65.9 Å². The summed E-state index contributed by atoms with van der Waals surface area (Å²) in [5.74, 6) is 2.65. The van der Waals surface area contributed by atoms with E-state index in [1.807, 2.05) is 24.3 Å². The second-order valence-corrected chi connectivity index (χ2v) is 8.46. The molecule has 0 spiro atoms. The molecular formula is C30H35NO8. The first-order chi connectivity index (χ1) is 18.9. The minimum absolute atomic E-state index is 0.0947. The summed E-state index contributed by atoms with van der Waals surface area (Å²) >= 11 is 0. The predicted molar refractivity (Wildman–Crippen MR) is 149 cm³/mol. The van der Waals surface area contributed by atoms with Crippen molar-refractivity contribution in [3.63, 3.8) is 0 Å². The number of esters is 1. The summed E-state index contributed by atoms with van der Waals surface area (Å²) in [5.41, 5.74) is 2.72. The maximum atomic E-state index is 12.5. The van der Waals surface area contributed by atoms with Gasteiger partial charge >= 0.3 is 5.97 Å². The van der Waals surface area contributed by atoms with Crippen molar-refractivity contribution in [3.8, 4) is 28.7 Å². The summed E-state index contributed by atoms with van der Waals surface area (Å²) in [5, 5.41) is 13.6. The summed E-state index contributed by atoms with van der Waals surface area (Å²) in [6, 6.07) is 18.0. The summed E-state index contributed by atoms with van der Waals surface area (Å²) in [7, 11) is 7.66. The van der Waals surface area contributed by atoms with E-state index >= 15 is 0 Å². The van der Waals surface area contributed by atoms with Gasteiger partial charge in [-0.2, -0.15) is 0 Å². The van der Waals surface area contributed by atoms with Crippen molar-refractivity contribution in [3.05, 3.63) is 77.4 Å². The smallest absolute Gasteiger partial charge is 0.338 e. The molecule has 0 aliphatic carbocycles. The summed E-state index contributed by atoms with van der Waals surface area (Å²) < 4.78 is 32.0. The highest BCUT2D eigenvalue weighted by Crippen LogP contribution is 2.30. The molecule has 0 aliphatic rings. The molecule has 0 heterocycles. The van der Waals surface area contributed by atoms with Crippen LogP contribution in [0.4, 0.5) is 0 Å². The number of aliphatic hydroxyl groups excluding tert-OH is 1. The standard InChI is InChI=1S/C30H35NO8/c1-34-25-12-9-22(28(16-25)36-3)17-31-18-23(32)19-39-24-10-7-21(8-11-24)26(30(33)38-5)14-20-6-13-27(35-2)29(15-20)37-4/h6-16,23,31-32H,17-19H2,1-5H3. The highest BCUT2D eigenvalue weighted by Gasteiger charge is 2.14. The van der Waals surface area contributed by atoms with Crippen LogP contribution < -0.4 is 29.0 Å². The fourth-order valence-electron chi connectivity index (χ4n) is 3.83. The molecule has 208 valence electrons. The second kappa shape index (κ2) is 14.7. The monoisotopic (exact) mass is 537 g/mol. The van der Waals surface area contributed by atoms with Crippen LogP contribution >= 0.6 is 0 Å². The third kappa shape index (κ3) is 8.13. The van der Waals surface area contributed by atoms with Crippen LogP contribution in [0.25, 0.3) is 11.6 Å². The Bertz CT molecular complexity index is 1260. The van der Waals surface area contributed by atoms with Gasteiger partial charge in [-0.25, -0.2) is 4.79 Å². The average Bonchev–Trinajstić information content (AvgIpc) is 2.98. The van der Waals surface area contributed by atoms with Crippen molar-refractivity contribution >= 4 is 17.6 Å². The highest BCUT2D eigenvalue weighted by atomic mass is 16.5. The van der Waals surface area contributed by atoms with Crippen molar-refractivity contribution in [1.29, 1.82) is 0 Å². The van der Waals surface area contributed by atoms with Gasteiger partial charge in [0.1, 0.15) is 30.0 Å². The Morgan fingerprint density at radius 1 is 0.821 bits per heavy atom. The van der Waals surface area contributed by atoms with E-state index in [4.69, 9.17) is 28.4 Å². The molecule has 0 saturated carbocycles. The number of hydrogen-bond donors (Lipinski definition) is 2. The molecule has 0 aliphatic heterocycles. The first-order valence-electron chi connectivity index (χ1n) is 12.3. The van der Waals surface area contributed by atoms with E-state index in [-0.39, 0.29) is 6.61 Å². The maximum absolute atomic E-state index is 12.5. The fourth-order valence-corrected chi connectivity index (χ4v) is 3.83. The summed E-state index contributed by atoms with van der Waals surface area (Å²) in [6.45, 7) is 0.937. The third-order valence-corrected chi connectivity index (χ3v) is 5.92. The van der Waals surface area contributed by atoms with Crippen molar-refractivity contribution in [2.45, 2.75) is 12.6 Å². The van der Waals surface area contributed by atoms with Gasteiger partial charge < -0.3 is 38.8 Å². The van der Waals surface area contributed by atoms with Gasteiger partial charge in [0.05, 0.1) is 41.1 Å². The van der Waals surface area contributed by atoms with E-state index in [2.05, 4.69) is 5.32 Å². The van der Waals surface area contributed by atoms with E-state index in [9.17, 15) is 9.90 Å². The molecule has 0 saturated heterocycles. The van der Waals surface area contributed by atoms with Gasteiger partial charge in [-0.3, -0.25) is 0 Å². The van der Waals surface area contributed by atoms with E-state index in [0.29, 0.717) is 53.0 Å². The largest absolute Gasteiger partial charge is 0.497 e. The van der Waals surface area contributed by atoms with Gasteiger partial charge in [0.2, 0.25) is 0 Å². The van der Waals surface area contributed by atoms with Crippen LogP contribution in [0.5, 0.6) is 28.7 Å². The quantitative estimate of drug-likeness (QED) is 0.180. The Labute approximate surface area is 228 Å². The van der Waals surface area contributed by atoms with Crippen LogP contribution in [0.2, 0.25) is 0 Å². The van der Waals surface area contributed by atoms with Crippen LogP contribution in [0, 0.1) is 0 Å².